The van der Waals surface area contributed by atoms with Crippen LogP contribution in [-0.2, 0) is 0 Å². The van der Waals surface area contributed by atoms with Crippen LogP contribution in [0.3, 0.4) is 0 Å². The molecular formula is C20H19ClN4O2. The molecule has 27 heavy (non-hydrogen) atoms. The summed E-state index contributed by atoms with van der Waals surface area (Å²) in [4.78, 5) is 20.6. The average Bonchev–Trinajstić information content (AvgIpc) is 2.65. The van der Waals surface area contributed by atoms with Gasteiger partial charge >= 0.3 is 0 Å². The Morgan fingerprint density at radius 1 is 1.07 bits per heavy atom. The van der Waals surface area contributed by atoms with Gasteiger partial charge in [0.25, 0.3) is 5.91 Å². The number of benzene rings is 2. The molecule has 0 saturated heterocycles. The van der Waals surface area contributed by atoms with Crippen molar-refractivity contribution in [3.63, 3.8) is 0 Å². The maximum Gasteiger partial charge on any atom is 0.274 e. The summed E-state index contributed by atoms with van der Waals surface area (Å²) in [5, 5.41) is 6.44. The Morgan fingerprint density at radius 2 is 1.81 bits per heavy atom. The summed E-state index contributed by atoms with van der Waals surface area (Å²) in [6, 6.07) is 16.0. The van der Waals surface area contributed by atoms with E-state index in [4.69, 9.17) is 16.3 Å². The van der Waals surface area contributed by atoms with E-state index >= 15 is 0 Å². The van der Waals surface area contributed by atoms with Gasteiger partial charge in [0, 0.05) is 11.8 Å². The predicted molar refractivity (Wildman–Crippen MR) is 107 cm³/mol. The quantitative estimate of drug-likeness (QED) is 0.633. The van der Waals surface area contributed by atoms with Crippen LogP contribution >= 0.6 is 11.6 Å². The van der Waals surface area contributed by atoms with Gasteiger partial charge in [-0.05, 0) is 50.2 Å². The summed E-state index contributed by atoms with van der Waals surface area (Å²) in [5.41, 5.74) is 1.59. The number of hydrogen-bond donors (Lipinski definition) is 2. The number of hydrogen-bond acceptors (Lipinski definition) is 5. The first-order valence-electron chi connectivity index (χ1n) is 8.43. The van der Waals surface area contributed by atoms with Gasteiger partial charge in [0.05, 0.1) is 16.8 Å². The number of anilines is 3. The van der Waals surface area contributed by atoms with Gasteiger partial charge in [-0.1, -0.05) is 23.7 Å². The fraction of sp³-hybridized carbons (Fsp3) is 0.150. The molecule has 7 heteroatoms. The number of nitrogens with one attached hydrogen (secondary N) is 2. The van der Waals surface area contributed by atoms with E-state index in [-0.39, 0.29) is 17.7 Å². The van der Waals surface area contributed by atoms with Crippen LogP contribution in [0.5, 0.6) is 5.75 Å². The Balaban J connectivity index is 1.69. The molecule has 0 unspecified atom stereocenters. The lowest BCUT2D eigenvalue weighted by Gasteiger charge is -2.11. The molecule has 0 saturated carbocycles. The van der Waals surface area contributed by atoms with Crippen LogP contribution in [0.25, 0.3) is 0 Å². The molecule has 0 bridgehead atoms. The molecule has 0 atom stereocenters. The third kappa shape index (κ3) is 5.18. The number of carbonyl (C=O) groups is 1. The van der Waals surface area contributed by atoms with E-state index in [1.54, 1.807) is 36.4 Å². The molecule has 1 amide bonds. The molecule has 0 spiro atoms. The highest BCUT2D eigenvalue weighted by Crippen LogP contribution is 2.24. The maximum absolute atomic E-state index is 12.5. The topological polar surface area (TPSA) is 76.1 Å². The van der Waals surface area contributed by atoms with Crippen molar-refractivity contribution in [1.82, 2.24) is 9.97 Å². The van der Waals surface area contributed by atoms with Crippen molar-refractivity contribution >= 4 is 34.7 Å². The standard InChI is InChI=1S/C20H19ClN4O2/c1-13(2)27-15-9-7-14(8-10-15)24-20(26)18-11-19(23-12-22-18)25-17-6-4-3-5-16(17)21/h3-13H,1-2H3,(H,24,26)(H,22,23,25). The lowest BCUT2D eigenvalue weighted by molar-refractivity contribution is 0.102. The zero-order chi connectivity index (χ0) is 19.2. The zero-order valence-electron chi connectivity index (χ0n) is 14.9. The number of aromatic nitrogens is 2. The minimum absolute atomic E-state index is 0.0931. The second kappa shape index (κ2) is 8.51. The van der Waals surface area contributed by atoms with Gasteiger partial charge < -0.3 is 15.4 Å². The normalized spacial score (nSPS) is 10.5. The molecule has 3 rings (SSSR count). The second-order valence-electron chi connectivity index (χ2n) is 6.04. The van der Waals surface area contributed by atoms with E-state index < -0.39 is 0 Å². The number of rotatable bonds is 6. The minimum atomic E-state index is -0.336. The fourth-order valence-corrected chi connectivity index (χ4v) is 2.52. The number of ether oxygens (including phenoxy) is 1. The summed E-state index contributed by atoms with van der Waals surface area (Å²) in [7, 11) is 0. The van der Waals surface area contributed by atoms with E-state index in [9.17, 15) is 4.79 Å². The van der Waals surface area contributed by atoms with Crippen molar-refractivity contribution in [2.45, 2.75) is 20.0 Å². The fourth-order valence-electron chi connectivity index (χ4n) is 2.33. The predicted octanol–water partition coefficient (Wildman–Crippen LogP) is 4.91. The molecular weight excluding hydrogens is 364 g/mol. The lowest BCUT2D eigenvalue weighted by atomic mass is 10.2. The molecule has 0 radical (unpaired) electrons. The highest BCUT2D eigenvalue weighted by molar-refractivity contribution is 6.33. The molecule has 0 fully saturated rings. The summed E-state index contributed by atoms with van der Waals surface area (Å²) in [6.45, 7) is 3.91. The SMILES string of the molecule is CC(C)Oc1ccc(NC(=O)c2cc(Nc3ccccc3Cl)ncn2)cc1. The molecule has 0 aliphatic carbocycles. The van der Waals surface area contributed by atoms with Crippen LogP contribution in [0.1, 0.15) is 24.3 Å². The summed E-state index contributed by atoms with van der Waals surface area (Å²) >= 11 is 6.13. The van der Waals surface area contributed by atoms with E-state index in [1.807, 2.05) is 32.0 Å². The molecule has 0 aliphatic heterocycles. The monoisotopic (exact) mass is 382 g/mol. The van der Waals surface area contributed by atoms with Crippen molar-refractivity contribution in [3.05, 3.63) is 71.6 Å². The van der Waals surface area contributed by atoms with Crippen LogP contribution in [0.2, 0.25) is 5.02 Å². The van der Waals surface area contributed by atoms with Crippen LogP contribution in [-0.4, -0.2) is 22.0 Å². The Kier molecular flexibility index (Phi) is 5.88. The van der Waals surface area contributed by atoms with Gasteiger partial charge in [-0.2, -0.15) is 0 Å². The molecule has 138 valence electrons. The molecule has 6 nitrogen and oxygen atoms in total. The van der Waals surface area contributed by atoms with Crippen molar-refractivity contribution < 1.29 is 9.53 Å². The van der Waals surface area contributed by atoms with Gasteiger partial charge in [0.15, 0.2) is 0 Å². The smallest absolute Gasteiger partial charge is 0.274 e. The largest absolute Gasteiger partial charge is 0.491 e. The molecule has 1 aromatic heterocycles. The summed E-state index contributed by atoms with van der Waals surface area (Å²) in [5.74, 6) is 0.886. The van der Waals surface area contributed by atoms with Gasteiger partial charge in [0.1, 0.15) is 23.6 Å². The van der Waals surface area contributed by atoms with Crippen LogP contribution in [0.4, 0.5) is 17.2 Å². The van der Waals surface area contributed by atoms with Crippen molar-refractivity contribution in [3.8, 4) is 5.75 Å². The Hall–Kier alpha value is -3.12. The van der Waals surface area contributed by atoms with Gasteiger partial charge in [-0.25, -0.2) is 9.97 Å². The number of nitrogens with zero attached hydrogens (tertiary/aromatic N) is 2. The Bertz CT molecular complexity index is 929. The number of para-hydroxylation sites is 1. The van der Waals surface area contributed by atoms with E-state index in [0.717, 1.165) is 5.75 Å². The van der Waals surface area contributed by atoms with Crippen molar-refractivity contribution in [2.75, 3.05) is 10.6 Å². The Morgan fingerprint density at radius 3 is 2.52 bits per heavy atom. The van der Waals surface area contributed by atoms with Gasteiger partial charge in [-0.15, -0.1) is 0 Å². The number of amides is 1. The van der Waals surface area contributed by atoms with Crippen LogP contribution in [0.15, 0.2) is 60.9 Å². The first-order chi connectivity index (χ1) is 13.0. The molecule has 2 aromatic carbocycles. The Labute approximate surface area is 162 Å². The molecule has 3 aromatic rings. The first-order valence-corrected chi connectivity index (χ1v) is 8.81. The van der Waals surface area contributed by atoms with Gasteiger partial charge in [-0.3, -0.25) is 4.79 Å². The molecule has 2 N–H and O–H groups in total. The third-order valence-electron chi connectivity index (χ3n) is 3.52. The van der Waals surface area contributed by atoms with Crippen LogP contribution < -0.4 is 15.4 Å². The van der Waals surface area contributed by atoms with Crippen molar-refractivity contribution in [2.24, 2.45) is 0 Å². The number of carbonyl (C=O) groups excluding carboxylic acids is 1. The summed E-state index contributed by atoms with van der Waals surface area (Å²) in [6.07, 6.45) is 1.42. The lowest BCUT2D eigenvalue weighted by Crippen LogP contribution is -2.14. The molecule has 0 aliphatic rings. The maximum atomic E-state index is 12.5. The first kappa shape index (κ1) is 18.7. The highest BCUT2D eigenvalue weighted by atomic mass is 35.5. The van der Waals surface area contributed by atoms with Crippen molar-refractivity contribution in [1.29, 1.82) is 0 Å². The van der Waals surface area contributed by atoms with Crippen LogP contribution in [0, 0.1) is 0 Å². The highest BCUT2D eigenvalue weighted by Gasteiger charge is 2.10. The number of halogens is 1. The van der Waals surface area contributed by atoms with E-state index in [0.29, 0.717) is 22.2 Å². The van der Waals surface area contributed by atoms with E-state index in [1.165, 1.54) is 6.33 Å². The van der Waals surface area contributed by atoms with E-state index in [2.05, 4.69) is 20.6 Å². The van der Waals surface area contributed by atoms with Gasteiger partial charge in [0.2, 0.25) is 0 Å². The average molecular weight is 383 g/mol. The third-order valence-corrected chi connectivity index (χ3v) is 3.85. The molecule has 1 heterocycles. The zero-order valence-corrected chi connectivity index (χ0v) is 15.7. The summed E-state index contributed by atoms with van der Waals surface area (Å²) < 4.78 is 5.59. The second-order valence-corrected chi connectivity index (χ2v) is 6.45. The minimum Gasteiger partial charge on any atom is -0.491 e.